The van der Waals surface area contributed by atoms with E-state index in [0.29, 0.717) is 11.0 Å². The lowest BCUT2D eigenvalue weighted by Gasteiger charge is -2.13. The molecule has 6 aromatic rings. The first-order valence-electron chi connectivity index (χ1n) is 14.3. The molecule has 0 aliphatic heterocycles. The molecule has 0 atom stereocenters. The van der Waals surface area contributed by atoms with Gasteiger partial charge in [-0.25, -0.2) is 9.97 Å². The Morgan fingerprint density at radius 2 is 1.42 bits per heavy atom. The summed E-state index contributed by atoms with van der Waals surface area (Å²) in [6.07, 6.45) is 1.05. The van der Waals surface area contributed by atoms with E-state index in [0.717, 1.165) is 51.0 Å². The summed E-state index contributed by atoms with van der Waals surface area (Å²) in [6, 6.07) is 39.2. The van der Waals surface area contributed by atoms with Gasteiger partial charge in [-0.05, 0) is 30.0 Å². The van der Waals surface area contributed by atoms with E-state index in [1.165, 1.54) is 28.7 Å². The highest BCUT2D eigenvalue weighted by atomic mass is 32.2. The summed E-state index contributed by atoms with van der Waals surface area (Å²) in [4.78, 5) is 23.0. The number of carbonyl (C=O) groups excluding carboxylic acids is 1. The first-order chi connectivity index (χ1) is 21.0. The predicted octanol–water partition coefficient (Wildman–Crippen LogP) is 9.26. The molecule has 1 N–H and O–H groups in total. The lowest BCUT2D eigenvalue weighted by Crippen LogP contribution is -2.14. The number of hydrogen-bond acceptors (Lipinski definition) is 5. The average molecular weight is 601 g/mol. The molecule has 214 valence electrons. The van der Waals surface area contributed by atoms with Gasteiger partial charge in [-0.2, -0.15) is 0 Å². The lowest BCUT2D eigenvalue weighted by atomic mass is 10.0. The topological polar surface area (TPSA) is 59.8 Å². The Bertz CT molecular complexity index is 1800. The third-order valence-corrected chi connectivity index (χ3v) is 8.63. The molecule has 4 aromatic carbocycles. The van der Waals surface area contributed by atoms with Crippen molar-refractivity contribution in [3.63, 3.8) is 0 Å². The van der Waals surface area contributed by atoms with Crippen molar-refractivity contribution >= 4 is 34.1 Å². The standard InChI is InChI=1S/C36H32N4OS2/c1-25(2)22-26-18-20-27(21-19-26)31-23-42-35(37-31)38-32(41)24-43-36-39-33(28-12-6-3-7-13-28)34(29-14-8-4-9-15-29)40(36)30-16-10-5-11-17-30/h3-21,23,25H,22,24H2,1-2H3,(H,37,38,41). The Labute approximate surface area is 260 Å². The fourth-order valence-corrected chi connectivity index (χ4v) is 6.55. The van der Waals surface area contributed by atoms with Crippen LogP contribution in [0.5, 0.6) is 0 Å². The Hall–Kier alpha value is -4.46. The summed E-state index contributed by atoms with van der Waals surface area (Å²) in [6.45, 7) is 4.45. The van der Waals surface area contributed by atoms with Crippen molar-refractivity contribution in [1.29, 1.82) is 0 Å². The van der Waals surface area contributed by atoms with Gasteiger partial charge in [0, 0.05) is 27.8 Å². The number of nitrogens with zero attached hydrogens (tertiary/aromatic N) is 3. The van der Waals surface area contributed by atoms with Gasteiger partial charge in [-0.3, -0.25) is 9.36 Å². The van der Waals surface area contributed by atoms with Gasteiger partial charge in [0.1, 0.15) is 0 Å². The van der Waals surface area contributed by atoms with Gasteiger partial charge in [0.25, 0.3) is 0 Å². The highest BCUT2D eigenvalue weighted by molar-refractivity contribution is 7.99. The average Bonchev–Trinajstić information content (AvgIpc) is 3.66. The van der Waals surface area contributed by atoms with E-state index in [9.17, 15) is 4.79 Å². The van der Waals surface area contributed by atoms with Gasteiger partial charge in [-0.1, -0.05) is 129 Å². The molecule has 0 aliphatic carbocycles. The number of thiazole rings is 1. The van der Waals surface area contributed by atoms with Crippen LogP contribution in [0.25, 0.3) is 39.5 Å². The van der Waals surface area contributed by atoms with E-state index >= 15 is 0 Å². The molecule has 7 heteroatoms. The molecule has 5 nitrogen and oxygen atoms in total. The number of nitrogens with one attached hydrogen (secondary N) is 1. The summed E-state index contributed by atoms with van der Waals surface area (Å²) in [5, 5.41) is 6.32. The third kappa shape index (κ3) is 6.79. The van der Waals surface area contributed by atoms with Gasteiger partial charge in [0.15, 0.2) is 10.3 Å². The third-order valence-electron chi connectivity index (χ3n) is 6.93. The second-order valence-electron chi connectivity index (χ2n) is 10.7. The van der Waals surface area contributed by atoms with Crippen molar-refractivity contribution in [3.8, 4) is 39.5 Å². The van der Waals surface area contributed by atoms with Crippen LogP contribution in [-0.4, -0.2) is 26.2 Å². The summed E-state index contributed by atoms with van der Waals surface area (Å²) >= 11 is 2.86. The molecule has 0 bridgehead atoms. The zero-order valence-corrected chi connectivity index (χ0v) is 25.7. The molecule has 0 saturated carbocycles. The van der Waals surface area contributed by atoms with Crippen molar-refractivity contribution in [2.45, 2.75) is 25.4 Å². The van der Waals surface area contributed by atoms with Crippen molar-refractivity contribution in [2.24, 2.45) is 5.92 Å². The van der Waals surface area contributed by atoms with Crippen LogP contribution in [0, 0.1) is 5.92 Å². The summed E-state index contributed by atoms with van der Waals surface area (Å²) in [5.74, 6) is 0.694. The number of anilines is 1. The van der Waals surface area contributed by atoms with Crippen molar-refractivity contribution < 1.29 is 4.79 Å². The van der Waals surface area contributed by atoms with Crippen molar-refractivity contribution in [1.82, 2.24) is 14.5 Å². The van der Waals surface area contributed by atoms with Crippen LogP contribution in [-0.2, 0) is 11.2 Å². The minimum absolute atomic E-state index is 0.122. The van der Waals surface area contributed by atoms with E-state index in [1.807, 2.05) is 60.0 Å². The fraction of sp³-hybridized carbons (Fsp3) is 0.139. The number of thioether (sulfide) groups is 1. The molecule has 43 heavy (non-hydrogen) atoms. The number of para-hydroxylation sites is 1. The molecular weight excluding hydrogens is 569 g/mol. The molecule has 0 radical (unpaired) electrons. The summed E-state index contributed by atoms with van der Waals surface area (Å²) in [5.41, 5.74) is 8.17. The zero-order valence-electron chi connectivity index (χ0n) is 24.1. The van der Waals surface area contributed by atoms with Crippen LogP contribution in [0.15, 0.2) is 126 Å². The van der Waals surface area contributed by atoms with Crippen LogP contribution in [0.3, 0.4) is 0 Å². The SMILES string of the molecule is CC(C)Cc1ccc(-c2csc(NC(=O)CSc3nc(-c4ccccc4)c(-c4ccccc4)n3-c3ccccc3)n2)cc1. The van der Waals surface area contributed by atoms with Gasteiger partial charge < -0.3 is 5.32 Å². The number of aromatic nitrogens is 3. The number of benzene rings is 4. The maximum absolute atomic E-state index is 13.2. The van der Waals surface area contributed by atoms with E-state index < -0.39 is 0 Å². The molecule has 0 spiro atoms. The smallest absolute Gasteiger partial charge is 0.236 e. The molecular formula is C36H32N4OS2. The molecule has 0 aliphatic rings. The second-order valence-corrected chi connectivity index (χ2v) is 12.5. The number of rotatable bonds is 10. The highest BCUT2D eigenvalue weighted by Crippen LogP contribution is 2.38. The van der Waals surface area contributed by atoms with Crippen LogP contribution in [0.4, 0.5) is 5.13 Å². The summed E-state index contributed by atoms with van der Waals surface area (Å²) in [7, 11) is 0. The lowest BCUT2D eigenvalue weighted by molar-refractivity contribution is -0.113. The normalized spacial score (nSPS) is 11.1. The predicted molar refractivity (Wildman–Crippen MR) is 180 cm³/mol. The van der Waals surface area contributed by atoms with E-state index in [2.05, 4.69) is 89.4 Å². The van der Waals surface area contributed by atoms with Crippen LogP contribution < -0.4 is 5.32 Å². The maximum atomic E-state index is 13.2. The molecule has 2 aromatic heterocycles. The Kier molecular flexibility index (Phi) is 8.82. The first kappa shape index (κ1) is 28.6. The van der Waals surface area contributed by atoms with E-state index in [1.54, 1.807) is 0 Å². The monoisotopic (exact) mass is 600 g/mol. The molecule has 1 amide bonds. The Balaban J connectivity index is 1.25. The zero-order chi connectivity index (χ0) is 29.6. The molecule has 0 saturated heterocycles. The van der Waals surface area contributed by atoms with Gasteiger partial charge >= 0.3 is 0 Å². The largest absolute Gasteiger partial charge is 0.301 e. The molecule has 0 fully saturated rings. The van der Waals surface area contributed by atoms with Crippen LogP contribution >= 0.6 is 23.1 Å². The van der Waals surface area contributed by atoms with Gasteiger partial charge in [-0.15, -0.1) is 11.3 Å². The van der Waals surface area contributed by atoms with Gasteiger partial charge in [0.05, 0.1) is 22.8 Å². The van der Waals surface area contributed by atoms with Crippen LogP contribution in [0.1, 0.15) is 19.4 Å². The fourth-order valence-electron chi connectivity index (χ4n) is 5.00. The minimum Gasteiger partial charge on any atom is -0.301 e. The molecule has 2 heterocycles. The van der Waals surface area contributed by atoms with Gasteiger partial charge in [0.2, 0.25) is 5.91 Å². The van der Waals surface area contributed by atoms with Crippen LogP contribution in [0.2, 0.25) is 0 Å². The number of imidazole rings is 1. The van der Waals surface area contributed by atoms with Crippen molar-refractivity contribution in [2.75, 3.05) is 11.1 Å². The quantitative estimate of drug-likeness (QED) is 0.159. The minimum atomic E-state index is -0.122. The Morgan fingerprint density at radius 1 is 0.791 bits per heavy atom. The number of carbonyl (C=O) groups is 1. The first-order valence-corrected chi connectivity index (χ1v) is 16.2. The molecule has 6 rings (SSSR count). The molecule has 0 unspecified atom stereocenters. The van der Waals surface area contributed by atoms with E-state index in [4.69, 9.17) is 4.98 Å². The summed E-state index contributed by atoms with van der Waals surface area (Å²) < 4.78 is 2.15. The number of hydrogen-bond donors (Lipinski definition) is 1. The Morgan fingerprint density at radius 3 is 2.07 bits per heavy atom. The number of amides is 1. The highest BCUT2D eigenvalue weighted by Gasteiger charge is 2.22. The van der Waals surface area contributed by atoms with Crippen molar-refractivity contribution in [3.05, 3.63) is 126 Å². The second kappa shape index (κ2) is 13.2. The maximum Gasteiger partial charge on any atom is 0.236 e. The van der Waals surface area contributed by atoms with E-state index in [-0.39, 0.29) is 11.7 Å².